The number of aromatic amines is 2. The fraction of sp³-hybridized carbons (Fsp3) is 0.120. The van der Waals surface area contributed by atoms with Crippen LogP contribution in [0.3, 0.4) is 0 Å². The molecular formula is C25H20ClFN4O3. The molecule has 0 aliphatic carbocycles. The van der Waals surface area contributed by atoms with Gasteiger partial charge in [-0.15, -0.1) is 0 Å². The summed E-state index contributed by atoms with van der Waals surface area (Å²) in [6.07, 6.45) is 3.15. The van der Waals surface area contributed by atoms with E-state index in [9.17, 15) is 19.2 Å². The van der Waals surface area contributed by atoms with Crippen molar-refractivity contribution in [2.24, 2.45) is 5.16 Å². The minimum atomic E-state index is -0.592. The highest BCUT2D eigenvalue weighted by atomic mass is 35.5. The maximum Gasteiger partial charge on any atom is 0.325 e. The van der Waals surface area contributed by atoms with E-state index in [2.05, 4.69) is 20.1 Å². The molecule has 4 aromatic rings. The average molecular weight is 479 g/mol. The average Bonchev–Trinajstić information content (AvgIpc) is 2.81. The van der Waals surface area contributed by atoms with Gasteiger partial charge < -0.3 is 10.2 Å². The Labute approximate surface area is 198 Å². The van der Waals surface area contributed by atoms with Gasteiger partial charge in [-0.05, 0) is 47.9 Å². The summed E-state index contributed by atoms with van der Waals surface area (Å²) in [5, 5.41) is 13.5. The van der Waals surface area contributed by atoms with Gasteiger partial charge in [0.2, 0.25) is 0 Å². The Bertz CT molecular complexity index is 1480. The summed E-state index contributed by atoms with van der Waals surface area (Å²) in [6.45, 7) is 1.83. The quantitative estimate of drug-likeness (QED) is 0.213. The van der Waals surface area contributed by atoms with E-state index in [4.69, 9.17) is 11.6 Å². The summed E-state index contributed by atoms with van der Waals surface area (Å²) in [5.74, 6) is -0.999. The van der Waals surface area contributed by atoms with Gasteiger partial charge in [-0.3, -0.25) is 14.8 Å². The maximum absolute atomic E-state index is 15.0. The Morgan fingerprint density at radius 3 is 2.56 bits per heavy atom. The molecule has 1 atom stereocenters. The molecule has 0 fully saturated rings. The van der Waals surface area contributed by atoms with Crippen molar-refractivity contribution in [3.05, 3.63) is 121 Å². The molecule has 1 unspecified atom stereocenters. The predicted molar refractivity (Wildman–Crippen MR) is 128 cm³/mol. The summed E-state index contributed by atoms with van der Waals surface area (Å²) in [6, 6.07) is 14.9. The molecule has 0 bridgehead atoms. The third-order valence-corrected chi connectivity index (χ3v) is 5.76. The molecule has 0 saturated carbocycles. The van der Waals surface area contributed by atoms with Gasteiger partial charge in [-0.25, -0.2) is 9.18 Å². The molecular weight excluding hydrogens is 459 g/mol. The third kappa shape index (κ3) is 4.97. The van der Waals surface area contributed by atoms with Gasteiger partial charge in [0.25, 0.3) is 5.56 Å². The molecule has 0 aliphatic rings. The minimum Gasteiger partial charge on any atom is -0.411 e. The fourth-order valence-corrected chi connectivity index (χ4v) is 4.00. The highest BCUT2D eigenvalue weighted by molar-refractivity contribution is 6.30. The van der Waals surface area contributed by atoms with Crippen molar-refractivity contribution in [3.63, 3.8) is 0 Å². The maximum atomic E-state index is 15.0. The lowest BCUT2D eigenvalue weighted by molar-refractivity contribution is 0.317. The van der Waals surface area contributed by atoms with Crippen LogP contribution in [-0.2, 0) is 0 Å². The van der Waals surface area contributed by atoms with Crippen LogP contribution in [0.2, 0.25) is 5.02 Å². The zero-order valence-corrected chi connectivity index (χ0v) is 18.8. The highest BCUT2D eigenvalue weighted by Gasteiger charge is 2.22. The van der Waals surface area contributed by atoms with Crippen molar-refractivity contribution in [2.45, 2.75) is 19.3 Å². The Morgan fingerprint density at radius 1 is 1.15 bits per heavy atom. The molecule has 4 rings (SSSR count). The number of pyridine rings is 1. The predicted octanol–water partition coefficient (Wildman–Crippen LogP) is 4.63. The summed E-state index contributed by atoms with van der Waals surface area (Å²) < 4.78 is 15.0. The van der Waals surface area contributed by atoms with E-state index in [1.165, 1.54) is 12.3 Å². The lowest BCUT2D eigenvalue weighted by Crippen LogP contribution is -2.22. The van der Waals surface area contributed by atoms with E-state index >= 15 is 0 Å². The number of hydrogen-bond donors (Lipinski definition) is 3. The summed E-state index contributed by atoms with van der Waals surface area (Å²) >= 11 is 5.96. The van der Waals surface area contributed by atoms with Gasteiger partial charge in [0.1, 0.15) is 5.82 Å². The number of halogens is 2. The van der Waals surface area contributed by atoms with Gasteiger partial charge >= 0.3 is 5.69 Å². The molecule has 172 valence electrons. The smallest absolute Gasteiger partial charge is 0.325 e. The Hall–Kier alpha value is -4.04. The van der Waals surface area contributed by atoms with Crippen molar-refractivity contribution in [1.82, 2.24) is 15.0 Å². The van der Waals surface area contributed by atoms with Crippen LogP contribution in [0.15, 0.2) is 81.7 Å². The standard InChI is InChI=1S/C25H20ClFN4O3/c1-14-10-17(8-9-28-14)23(31-34)12-20(19-7-6-18(26)11-22(19)27)15-2-4-16(5-3-15)21-13-29-25(33)30-24(21)32/h2-11,13,20,34H,12H2,1H3,(H2,29,30,32,33)/b31-23+. The normalized spacial score (nSPS) is 12.5. The molecule has 0 radical (unpaired) electrons. The first-order valence-corrected chi connectivity index (χ1v) is 10.7. The second-order valence-electron chi connectivity index (χ2n) is 7.76. The van der Waals surface area contributed by atoms with E-state index in [-0.39, 0.29) is 11.4 Å². The van der Waals surface area contributed by atoms with E-state index in [0.717, 1.165) is 11.3 Å². The molecule has 0 amide bonds. The number of hydrogen-bond acceptors (Lipinski definition) is 5. The lowest BCUT2D eigenvalue weighted by atomic mass is 9.84. The number of nitrogens with one attached hydrogen (secondary N) is 2. The van der Waals surface area contributed by atoms with Crippen LogP contribution in [0, 0.1) is 12.7 Å². The molecule has 2 aromatic heterocycles. The topological polar surface area (TPSA) is 111 Å². The van der Waals surface area contributed by atoms with Crippen molar-refractivity contribution in [1.29, 1.82) is 0 Å². The molecule has 7 nitrogen and oxygen atoms in total. The van der Waals surface area contributed by atoms with Gasteiger partial charge in [0, 0.05) is 41.0 Å². The first-order chi connectivity index (χ1) is 16.4. The van der Waals surface area contributed by atoms with E-state index in [1.54, 1.807) is 54.7 Å². The largest absolute Gasteiger partial charge is 0.411 e. The Balaban J connectivity index is 1.76. The summed E-state index contributed by atoms with van der Waals surface area (Å²) in [5.41, 5.74) is 2.68. The van der Waals surface area contributed by atoms with Gasteiger partial charge in [0.15, 0.2) is 0 Å². The number of oxime groups is 1. The lowest BCUT2D eigenvalue weighted by Gasteiger charge is -2.20. The van der Waals surface area contributed by atoms with Crippen LogP contribution in [0.25, 0.3) is 11.1 Å². The van der Waals surface area contributed by atoms with Crippen molar-refractivity contribution in [3.8, 4) is 11.1 Å². The van der Waals surface area contributed by atoms with Crippen LogP contribution < -0.4 is 11.2 Å². The Morgan fingerprint density at radius 2 is 1.91 bits per heavy atom. The molecule has 3 N–H and O–H groups in total. The Kier molecular flexibility index (Phi) is 6.70. The second-order valence-corrected chi connectivity index (χ2v) is 8.20. The monoisotopic (exact) mass is 478 g/mol. The molecule has 0 saturated heterocycles. The van der Waals surface area contributed by atoms with Gasteiger partial charge in [-0.1, -0.05) is 47.1 Å². The SMILES string of the molecule is Cc1cc(/C(CC(c2ccc(-c3c[nH]c(=O)[nH]c3=O)cc2)c2ccc(Cl)cc2F)=N/O)ccn1. The number of aryl methyl sites for hydroxylation is 1. The summed E-state index contributed by atoms with van der Waals surface area (Å²) in [4.78, 5) is 32.3. The summed E-state index contributed by atoms with van der Waals surface area (Å²) in [7, 11) is 0. The van der Waals surface area contributed by atoms with E-state index in [0.29, 0.717) is 28.0 Å². The zero-order chi connectivity index (χ0) is 24.2. The molecule has 0 aliphatic heterocycles. The molecule has 2 heterocycles. The number of rotatable bonds is 6. The van der Waals surface area contributed by atoms with Crippen LogP contribution >= 0.6 is 11.6 Å². The first kappa shape index (κ1) is 23.1. The van der Waals surface area contributed by atoms with Gasteiger partial charge in [-0.2, -0.15) is 0 Å². The second kappa shape index (κ2) is 9.84. The van der Waals surface area contributed by atoms with Crippen LogP contribution in [0.5, 0.6) is 0 Å². The van der Waals surface area contributed by atoms with Gasteiger partial charge in [0.05, 0.1) is 11.3 Å². The third-order valence-electron chi connectivity index (χ3n) is 5.53. The van der Waals surface area contributed by atoms with Crippen molar-refractivity contribution in [2.75, 3.05) is 0 Å². The highest BCUT2D eigenvalue weighted by Crippen LogP contribution is 2.33. The molecule has 0 spiro atoms. The number of benzene rings is 2. The van der Waals surface area contributed by atoms with E-state index < -0.39 is 23.0 Å². The van der Waals surface area contributed by atoms with Crippen LogP contribution in [0.4, 0.5) is 4.39 Å². The van der Waals surface area contributed by atoms with Crippen molar-refractivity contribution >= 4 is 17.3 Å². The van der Waals surface area contributed by atoms with Crippen molar-refractivity contribution < 1.29 is 9.60 Å². The number of nitrogens with zero attached hydrogens (tertiary/aromatic N) is 2. The van der Waals surface area contributed by atoms with Crippen LogP contribution in [0.1, 0.15) is 34.7 Å². The fourth-order valence-electron chi connectivity index (χ4n) is 3.85. The molecule has 2 aromatic carbocycles. The first-order valence-electron chi connectivity index (χ1n) is 10.4. The number of aromatic nitrogens is 3. The molecule has 9 heteroatoms. The molecule has 34 heavy (non-hydrogen) atoms. The van der Waals surface area contributed by atoms with Crippen LogP contribution in [-0.4, -0.2) is 25.9 Å². The van der Waals surface area contributed by atoms with E-state index in [1.807, 2.05) is 6.92 Å². The minimum absolute atomic E-state index is 0.192. The zero-order valence-electron chi connectivity index (χ0n) is 18.0. The number of H-pyrrole nitrogens is 2.